The molecule has 0 saturated heterocycles. The summed E-state index contributed by atoms with van der Waals surface area (Å²) in [4.78, 5) is 23.2. The van der Waals surface area contributed by atoms with Crippen molar-refractivity contribution in [3.8, 4) is 5.75 Å². The smallest absolute Gasteiger partial charge is 0.246 e. The van der Waals surface area contributed by atoms with Gasteiger partial charge in [0.2, 0.25) is 11.8 Å². The third-order valence-electron chi connectivity index (χ3n) is 2.79. The summed E-state index contributed by atoms with van der Waals surface area (Å²) in [6.07, 6.45) is 1.85. The van der Waals surface area contributed by atoms with Crippen molar-refractivity contribution >= 4 is 23.3 Å². The summed E-state index contributed by atoms with van der Waals surface area (Å²) in [5, 5.41) is 12.9. The molecule has 0 saturated carbocycles. The van der Waals surface area contributed by atoms with Gasteiger partial charge < -0.3 is 15.4 Å². The van der Waals surface area contributed by atoms with E-state index in [0.717, 1.165) is 0 Å². The van der Waals surface area contributed by atoms with Crippen molar-refractivity contribution < 1.29 is 14.3 Å². The lowest BCUT2D eigenvalue weighted by Gasteiger charge is -2.06. The second-order valence-corrected chi connectivity index (χ2v) is 4.48. The molecule has 2 amide bonds. The average Bonchev–Trinajstić information content (AvgIpc) is 2.94. The number of carbonyl (C=O) groups is 2. The number of nitrogens with one attached hydrogen (secondary N) is 2. The molecule has 116 valence electrons. The molecule has 0 spiro atoms. The molecule has 0 aliphatic heterocycles. The molecule has 0 radical (unpaired) electrons. The van der Waals surface area contributed by atoms with Crippen LogP contribution in [-0.2, 0) is 16.1 Å². The second-order valence-electron chi connectivity index (χ2n) is 4.48. The Morgan fingerprint density at radius 3 is 2.82 bits per heavy atom. The van der Waals surface area contributed by atoms with Crippen LogP contribution in [0.5, 0.6) is 5.75 Å². The number of nitrogens with zero attached hydrogens (tertiary/aromatic N) is 3. The molecule has 0 bridgehead atoms. The number of benzene rings is 1. The van der Waals surface area contributed by atoms with Gasteiger partial charge in [-0.05, 0) is 12.1 Å². The molecular weight excluding hydrogens is 286 g/mol. The molecule has 8 heteroatoms. The molecule has 2 rings (SSSR count). The molecule has 2 aromatic rings. The zero-order chi connectivity index (χ0) is 15.9. The van der Waals surface area contributed by atoms with Crippen LogP contribution >= 0.6 is 0 Å². The Kier molecular flexibility index (Phi) is 5.07. The van der Waals surface area contributed by atoms with Gasteiger partial charge in [0.15, 0.2) is 5.82 Å². The number of hydrogen-bond donors (Lipinski definition) is 2. The SMILES string of the molecule is CCC(=O)Nc1cn(CC(=O)Nc2cccc(OC)c2)nn1. The first kappa shape index (κ1) is 15.5. The van der Waals surface area contributed by atoms with Crippen LogP contribution in [0.15, 0.2) is 30.5 Å². The fraction of sp³-hybridized carbons (Fsp3) is 0.286. The van der Waals surface area contributed by atoms with Crippen LogP contribution in [0.1, 0.15) is 13.3 Å². The van der Waals surface area contributed by atoms with Crippen LogP contribution in [0.3, 0.4) is 0 Å². The number of hydrogen-bond acceptors (Lipinski definition) is 5. The molecule has 1 aromatic carbocycles. The Morgan fingerprint density at radius 2 is 2.09 bits per heavy atom. The van der Waals surface area contributed by atoms with Gasteiger partial charge in [-0.1, -0.05) is 18.2 Å². The van der Waals surface area contributed by atoms with E-state index in [1.54, 1.807) is 38.3 Å². The average molecular weight is 303 g/mol. The predicted octanol–water partition coefficient (Wildman–Crippen LogP) is 1.27. The molecule has 1 aromatic heterocycles. The molecule has 22 heavy (non-hydrogen) atoms. The van der Waals surface area contributed by atoms with Crippen molar-refractivity contribution in [1.29, 1.82) is 0 Å². The van der Waals surface area contributed by atoms with E-state index < -0.39 is 0 Å². The van der Waals surface area contributed by atoms with E-state index in [1.165, 1.54) is 10.9 Å². The monoisotopic (exact) mass is 303 g/mol. The number of aromatic nitrogens is 3. The molecule has 0 aliphatic rings. The zero-order valence-electron chi connectivity index (χ0n) is 12.4. The van der Waals surface area contributed by atoms with E-state index in [0.29, 0.717) is 23.7 Å². The van der Waals surface area contributed by atoms with Crippen molar-refractivity contribution in [2.75, 3.05) is 17.7 Å². The summed E-state index contributed by atoms with van der Waals surface area (Å²) in [7, 11) is 1.56. The highest BCUT2D eigenvalue weighted by Crippen LogP contribution is 2.16. The van der Waals surface area contributed by atoms with Crippen molar-refractivity contribution in [3.63, 3.8) is 0 Å². The van der Waals surface area contributed by atoms with Crippen LogP contribution in [0, 0.1) is 0 Å². The Hall–Kier alpha value is -2.90. The van der Waals surface area contributed by atoms with Crippen molar-refractivity contribution in [2.24, 2.45) is 0 Å². The number of amides is 2. The van der Waals surface area contributed by atoms with Crippen LogP contribution < -0.4 is 15.4 Å². The van der Waals surface area contributed by atoms with Crippen LogP contribution in [0.4, 0.5) is 11.5 Å². The van der Waals surface area contributed by atoms with Crippen molar-refractivity contribution in [2.45, 2.75) is 19.9 Å². The van der Waals surface area contributed by atoms with Crippen LogP contribution in [0.25, 0.3) is 0 Å². The predicted molar refractivity (Wildman–Crippen MR) is 80.6 cm³/mol. The van der Waals surface area contributed by atoms with Crippen LogP contribution in [-0.4, -0.2) is 33.9 Å². The minimum Gasteiger partial charge on any atom is -0.497 e. The third kappa shape index (κ3) is 4.30. The Bertz CT molecular complexity index is 668. The van der Waals surface area contributed by atoms with Gasteiger partial charge in [0.25, 0.3) is 0 Å². The summed E-state index contributed by atoms with van der Waals surface area (Å²) < 4.78 is 6.43. The summed E-state index contributed by atoms with van der Waals surface area (Å²) >= 11 is 0. The quantitative estimate of drug-likeness (QED) is 0.837. The lowest BCUT2D eigenvalue weighted by Crippen LogP contribution is -2.19. The summed E-state index contributed by atoms with van der Waals surface area (Å²) in [6.45, 7) is 1.73. The van der Waals surface area contributed by atoms with Crippen LogP contribution in [0.2, 0.25) is 0 Å². The minimum absolute atomic E-state index is 0.00773. The number of carbonyl (C=O) groups excluding carboxylic acids is 2. The minimum atomic E-state index is -0.258. The summed E-state index contributed by atoms with van der Waals surface area (Å²) in [6, 6.07) is 7.04. The maximum atomic E-state index is 11.9. The van der Waals surface area contributed by atoms with Gasteiger partial charge in [0, 0.05) is 18.2 Å². The van der Waals surface area contributed by atoms with E-state index in [4.69, 9.17) is 4.74 Å². The fourth-order valence-corrected chi connectivity index (χ4v) is 1.71. The lowest BCUT2D eigenvalue weighted by atomic mass is 10.3. The highest BCUT2D eigenvalue weighted by Gasteiger charge is 2.08. The summed E-state index contributed by atoms with van der Waals surface area (Å²) in [5.74, 6) is 0.559. The van der Waals surface area contributed by atoms with Gasteiger partial charge in [-0.15, -0.1) is 5.10 Å². The van der Waals surface area contributed by atoms with E-state index in [-0.39, 0.29) is 18.4 Å². The molecule has 8 nitrogen and oxygen atoms in total. The second kappa shape index (κ2) is 7.21. The normalized spacial score (nSPS) is 10.1. The number of rotatable bonds is 6. The Labute approximate surface area is 127 Å². The van der Waals surface area contributed by atoms with E-state index in [9.17, 15) is 9.59 Å². The number of ether oxygens (including phenoxy) is 1. The van der Waals surface area contributed by atoms with Gasteiger partial charge in [-0.25, -0.2) is 4.68 Å². The van der Waals surface area contributed by atoms with E-state index in [2.05, 4.69) is 20.9 Å². The number of methoxy groups -OCH3 is 1. The van der Waals surface area contributed by atoms with Crippen molar-refractivity contribution in [3.05, 3.63) is 30.5 Å². The maximum absolute atomic E-state index is 11.9. The molecule has 0 unspecified atom stereocenters. The Balaban J connectivity index is 1.93. The first-order valence-corrected chi connectivity index (χ1v) is 6.74. The molecule has 0 atom stereocenters. The molecule has 1 heterocycles. The topological polar surface area (TPSA) is 98.1 Å². The molecule has 2 N–H and O–H groups in total. The zero-order valence-corrected chi connectivity index (χ0v) is 12.4. The van der Waals surface area contributed by atoms with Gasteiger partial charge in [0.1, 0.15) is 12.3 Å². The highest BCUT2D eigenvalue weighted by molar-refractivity contribution is 5.91. The lowest BCUT2D eigenvalue weighted by molar-refractivity contribution is -0.117. The van der Waals surface area contributed by atoms with E-state index in [1.807, 2.05) is 0 Å². The Morgan fingerprint density at radius 1 is 1.27 bits per heavy atom. The summed E-state index contributed by atoms with van der Waals surface area (Å²) in [5.41, 5.74) is 0.629. The standard InChI is InChI=1S/C14H17N5O3/c1-3-13(20)16-12-8-19(18-17-12)9-14(21)15-10-5-4-6-11(7-10)22-2/h4-8H,3,9H2,1-2H3,(H,15,21)(H,16,20). The van der Waals surface area contributed by atoms with Crippen molar-refractivity contribution in [1.82, 2.24) is 15.0 Å². The highest BCUT2D eigenvalue weighted by atomic mass is 16.5. The maximum Gasteiger partial charge on any atom is 0.246 e. The number of anilines is 2. The first-order chi connectivity index (χ1) is 10.6. The first-order valence-electron chi connectivity index (χ1n) is 6.74. The van der Waals surface area contributed by atoms with Gasteiger partial charge >= 0.3 is 0 Å². The molecule has 0 fully saturated rings. The third-order valence-corrected chi connectivity index (χ3v) is 2.79. The van der Waals surface area contributed by atoms with Gasteiger partial charge in [-0.3, -0.25) is 9.59 Å². The molecule has 0 aliphatic carbocycles. The van der Waals surface area contributed by atoms with E-state index >= 15 is 0 Å². The van der Waals surface area contributed by atoms with Gasteiger partial charge in [0.05, 0.1) is 13.3 Å². The fourth-order valence-electron chi connectivity index (χ4n) is 1.71. The van der Waals surface area contributed by atoms with Gasteiger partial charge in [-0.2, -0.15) is 0 Å². The largest absolute Gasteiger partial charge is 0.497 e. The molecular formula is C14H17N5O3.